The number of hydrogen-bond donors (Lipinski definition) is 1. The number of halogens is 3. The van der Waals surface area contributed by atoms with E-state index >= 15 is 0 Å². The Kier molecular flexibility index (Phi) is 4.84. The van der Waals surface area contributed by atoms with Gasteiger partial charge in [-0.15, -0.1) is 6.58 Å². The highest BCUT2D eigenvalue weighted by atomic mass is 19.4. The van der Waals surface area contributed by atoms with Gasteiger partial charge < -0.3 is 5.32 Å². The zero-order valence-electron chi connectivity index (χ0n) is 9.69. The molecule has 1 aliphatic carbocycles. The zero-order valence-corrected chi connectivity index (χ0v) is 9.69. The van der Waals surface area contributed by atoms with Gasteiger partial charge in [0.1, 0.15) is 0 Å². The van der Waals surface area contributed by atoms with Crippen molar-refractivity contribution in [3.8, 4) is 0 Å². The van der Waals surface area contributed by atoms with Crippen LogP contribution < -0.4 is 5.32 Å². The van der Waals surface area contributed by atoms with Crippen LogP contribution in [-0.2, 0) is 0 Å². The lowest BCUT2D eigenvalue weighted by atomic mass is 9.78. The second-order valence-corrected chi connectivity index (χ2v) is 4.47. The molecule has 1 saturated carbocycles. The lowest BCUT2D eigenvalue weighted by Gasteiger charge is -2.33. The number of rotatable bonds is 4. The number of hydrogen-bond acceptors (Lipinski definition) is 1. The van der Waals surface area contributed by atoms with Crippen molar-refractivity contribution in [3.63, 3.8) is 0 Å². The van der Waals surface area contributed by atoms with Crippen LogP contribution in [0.2, 0.25) is 0 Å². The third kappa shape index (κ3) is 3.51. The normalized spacial score (nSPS) is 28.8. The van der Waals surface area contributed by atoms with Gasteiger partial charge in [0.2, 0.25) is 0 Å². The van der Waals surface area contributed by atoms with Gasteiger partial charge in [-0.25, -0.2) is 0 Å². The van der Waals surface area contributed by atoms with Crippen LogP contribution in [0.3, 0.4) is 0 Å². The van der Waals surface area contributed by atoms with Crippen molar-refractivity contribution in [3.05, 3.63) is 12.7 Å². The minimum absolute atomic E-state index is 0.166. The van der Waals surface area contributed by atoms with E-state index in [2.05, 4.69) is 11.9 Å². The fraction of sp³-hybridized carbons (Fsp3) is 0.833. The second-order valence-electron chi connectivity index (χ2n) is 4.47. The van der Waals surface area contributed by atoms with Gasteiger partial charge in [-0.2, -0.15) is 13.2 Å². The van der Waals surface area contributed by atoms with Gasteiger partial charge in [-0.05, 0) is 38.1 Å². The van der Waals surface area contributed by atoms with Crippen LogP contribution in [0.15, 0.2) is 12.7 Å². The molecule has 0 aromatic heterocycles. The fourth-order valence-electron chi connectivity index (χ4n) is 2.48. The minimum atomic E-state index is -4.01. The summed E-state index contributed by atoms with van der Waals surface area (Å²) in [6.07, 6.45) is -0.357. The third-order valence-electron chi connectivity index (χ3n) is 3.44. The average Bonchev–Trinajstić information content (AvgIpc) is 2.25. The van der Waals surface area contributed by atoms with E-state index in [4.69, 9.17) is 0 Å². The summed E-state index contributed by atoms with van der Waals surface area (Å²) < 4.78 is 37.4. The highest BCUT2D eigenvalue weighted by molar-refractivity contribution is 4.93. The van der Waals surface area contributed by atoms with E-state index < -0.39 is 12.1 Å². The smallest absolute Gasteiger partial charge is 0.311 e. The molecule has 0 bridgehead atoms. The summed E-state index contributed by atoms with van der Waals surface area (Å²) in [6.45, 7) is 6.56. The Morgan fingerprint density at radius 2 is 1.88 bits per heavy atom. The molecule has 0 radical (unpaired) electrons. The maximum atomic E-state index is 12.5. The molecule has 1 atom stereocenters. The van der Waals surface area contributed by atoms with Crippen LogP contribution >= 0.6 is 0 Å². The summed E-state index contributed by atoms with van der Waals surface area (Å²) in [7, 11) is 0. The molecule has 0 aromatic rings. The first kappa shape index (κ1) is 13.6. The van der Waals surface area contributed by atoms with Crippen molar-refractivity contribution in [2.24, 2.45) is 11.8 Å². The minimum Gasteiger partial charge on any atom is -0.311 e. The van der Waals surface area contributed by atoms with Crippen LogP contribution in [0.5, 0.6) is 0 Å². The third-order valence-corrected chi connectivity index (χ3v) is 3.44. The molecule has 1 rings (SSSR count). The Hall–Kier alpha value is -0.510. The summed E-state index contributed by atoms with van der Waals surface area (Å²) in [5.74, 6) is -0.771. The quantitative estimate of drug-likeness (QED) is 0.735. The SMILES string of the molecule is C=CC(NCC)C1CCC(C(F)(F)F)CC1. The van der Waals surface area contributed by atoms with Gasteiger partial charge >= 0.3 is 6.18 Å². The van der Waals surface area contributed by atoms with Crippen molar-refractivity contribution in [2.75, 3.05) is 6.54 Å². The van der Waals surface area contributed by atoms with Crippen LogP contribution in [0.25, 0.3) is 0 Å². The van der Waals surface area contributed by atoms with E-state index in [1.165, 1.54) is 0 Å². The molecule has 0 spiro atoms. The van der Waals surface area contributed by atoms with Gasteiger partial charge in [0.05, 0.1) is 5.92 Å². The summed E-state index contributed by atoms with van der Waals surface area (Å²) in [4.78, 5) is 0. The molecule has 1 fully saturated rings. The maximum absolute atomic E-state index is 12.5. The number of nitrogens with one attached hydrogen (secondary N) is 1. The van der Waals surface area contributed by atoms with Crippen LogP contribution in [-0.4, -0.2) is 18.8 Å². The summed E-state index contributed by atoms with van der Waals surface area (Å²) in [5.41, 5.74) is 0. The molecule has 1 unspecified atom stereocenters. The maximum Gasteiger partial charge on any atom is 0.391 e. The molecule has 0 amide bonds. The van der Waals surface area contributed by atoms with E-state index in [0.717, 1.165) is 6.54 Å². The predicted molar refractivity (Wildman–Crippen MR) is 59.2 cm³/mol. The molecule has 94 valence electrons. The molecule has 1 N–H and O–H groups in total. The number of likely N-dealkylation sites (N-methyl/N-ethyl adjacent to an activating group) is 1. The highest BCUT2D eigenvalue weighted by Gasteiger charge is 2.42. The molecule has 0 heterocycles. The first-order valence-corrected chi connectivity index (χ1v) is 5.91. The van der Waals surface area contributed by atoms with Gasteiger partial charge in [-0.1, -0.05) is 13.0 Å². The summed E-state index contributed by atoms with van der Waals surface area (Å²) in [6, 6.07) is 0.166. The van der Waals surface area contributed by atoms with Gasteiger partial charge in [0.15, 0.2) is 0 Å². The summed E-state index contributed by atoms with van der Waals surface area (Å²) >= 11 is 0. The van der Waals surface area contributed by atoms with Crippen molar-refractivity contribution >= 4 is 0 Å². The Morgan fingerprint density at radius 1 is 1.31 bits per heavy atom. The Balaban J connectivity index is 2.44. The fourth-order valence-corrected chi connectivity index (χ4v) is 2.48. The van der Waals surface area contributed by atoms with Crippen LogP contribution in [0, 0.1) is 11.8 Å². The molecule has 4 heteroatoms. The average molecular weight is 235 g/mol. The monoisotopic (exact) mass is 235 g/mol. The van der Waals surface area contributed by atoms with Gasteiger partial charge in [0, 0.05) is 6.04 Å². The van der Waals surface area contributed by atoms with E-state index in [0.29, 0.717) is 18.8 Å². The predicted octanol–water partition coefficient (Wildman–Crippen LogP) is 3.52. The van der Waals surface area contributed by atoms with E-state index in [1.54, 1.807) is 0 Å². The van der Waals surface area contributed by atoms with Crippen LogP contribution in [0.1, 0.15) is 32.6 Å². The van der Waals surface area contributed by atoms with E-state index in [9.17, 15) is 13.2 Å². The van der Waals surface area contributed by atoms with Gasteiger partial charge in [-0.3, -0.25) is 0 Å². The molecule has 1 nitrogen and oxygen atoms in total. The molecule has 0 aromatic carbocycles. The molecular weight excluding hydrogens is 215 g/mol. The van der Waals surface area contributed by atoms with E-state index in [-0.39, 0.29) is 18.9 Å². The molecule has 16 heavy (non-hydrogen) atoms. The van der Waals surface area contributed by atoms with Crippen molar-refractivity contribution in [2.45, 2.75) is 44.8 Å². The first-order valence-electron chi connectivity index (χ1n) is 5.91. The highest BCUT2D eigenvalue weighted by Crippen LogP contribution is 2.40. The molecule has 0 saturated heterocycles. The Labute approximate surface area is 95.1 Å². The van der Waals surface area contributed by atoms with Crippen molar-refractivity contribution in [1.82, 2.24) is 5.32 Å². The standard InChI is InChI=1S/C12H20F3N/c1-3-11(16-4-2)9-5-7-10(8-6-9)12(13,14)15/h3,9-11,16H,1,4-8H2,2H3. The Morgan fingerprint density at radius 3 is 2.25 bits per heavy atom. The number of alkyl halides is 3. The van der Waals surface area contributed by atoms with Crippen molar-refractivity contribution < 1.29 is 13.2 Å². The van der Waals surface area contributed by atoms with Crippen molar-refractivity contribution in [1.29, 1.82) is 0 Å². The topological polar surface area (TPSA) is 12.0 Å². The summed E-state index contributed by atoms with van der Waals surface area (Å²) in [5, 5.41) is 3.26. The first-order chi connectivity index (χ1) is 7.49. The Bertz CT molecular complexity index is 217. The molecule has 0 aliphatic heterocycles. The molecule has 1 aliphatic rings. The largest absolute Gasteiger partial charge is 0.391 e. The van der Waals surface area contributed by atoms with Gasteiger partial charge in [0.25, 0.3) is 0 Å². The zero-order chi connectivity index (χ0) is 12.2. The second kappa shape index (κ2) is 5.71. The lowest BCUT2D eigenvalue weighted by molar-refractivity contribution is -0.184. The lowest BCUT2D eigenvalue weighted by Crippen LogP contribution is -2.38. The molecular formula is C12H20F3N. The van der Waals surface area contributed by atoms with Crippen LogP contribution in [0.4, 0.5) is 13.2 Å². The van der Waals surface area contributed by atoms with E-state index in [1.807, 2.05) is 13.0 Å².